The van der Waals surface area contributed by atoms with Crippen molar-refractivity contribution in [1.82, 2.24) is 10.3 Å². The molecular weight excluding hydrogens is 345 g/mol. The third-order valence-electron chi connectivity index (χ3n) is 3.87. The molecule has 0 saturated heterocycles. The first-order chi connectivity index (χ1) is 13.0. The second kappa shape index (κ2) is 8.23. The molecule has 1 heterocycles. The van der Waals surface area contributed by atoms with Crippen molar-refractivity contribution in [2.45, 2.75) is 13.5 Å². The van der Waals surface area contributed by atoms with E-state index in [4.69, 9.17) is 0 Å². The van der Waals surface area contributed by atoms with Crippen LogP contribution in [-0.2, 0) is 11.3 Å². The van der Waals surface area contributed by atoms with Gasteiger partial charge in [0.25, 0.3) is 5.91 Å². The molecule has 0 atom stereocenters. The van der Waals surface area contributed by atoms with Gasteiger partial charge in [-0.3, -0.25) is 14.6 Å². The fourth-order valence-corrected chi connectivity index (χ4v) is 2.57. The Morgan fingerprint density at radius 3 is 2.44 bits per heavy atom. The van der Waals surface area contributed by atoms with Crippen molar-refractivity contribution in [3.05, 3.63) is 83.8 Å². The van der Waals surface area contributed by atoms with Crippen molar-refractivity contribution in [2.75, 3.05) is 5.32 Å². The number of carbonyl (C=O) groups excluding carboxylic acids is 2. The molecule has 6 heteroatoms. The summed E-state index contributed by atoms with van der Waals surface area (Å²) < 4.78 is 13.2. The van der Waals surface area contributed by atoms with Crippen LogP contribution < -0.4 is 10.6 Å². The molecule has 2 aromatic carbocycles. The first-order valence-corrected chi connectivity index (χ1v) is 8.38. The SMILES string of the molecule is CC(=O)Nc1ccc(-c2ccc(C(=O)NCc3cccc(F)c3)cc2)nc1. The Balaban J connectivity index is 1.64. The van der Waals surface area contributed by atoms with Crippen molar-refractivity contribution in [3.8, 4) is 11.3 Å². The van der Waals surface area contributed by atoms with Crippen LogP contribution in [0.3, 0.4) is 0 Å². The average Bonchev–Trinajstić information content (AvgIpc) is 2.66. The van der Waals surface area contributed by atoms with E-state index in [0.29, 0.717) is 16.8 Å². The molecule has 136 valence electrons. The number of hydrogen-bond acceptors (Lipinski definition) is 3. The van der Waals surface area contributed by atoms with E-state index in [2.05, 4.69) is 15.6 Å². The Bertz CT molecular complexity index is 954. The van der Waals surface area contributed by atoms with Crippen LogP contribution in [0.5, 0.6) is 0 Å². The van der Waals surface area contributed by atoms with Gasteiger partial charge in [0.1, 0.15) is 5.82 Å². The van der Waals surface area contributed by atoms with E-state index in [9.17, 15) is 14.0 Å². The van der Waals surface area contributed by atoms with Gasteiger partial charge in [0.2, 0.25) is 5.91 Å². The highest BCUT2D eigenvalue weighted by molar-refractivity contribution is 5.94. The molecule has 0 aliphatic heterocycles. The van der Waals surface area contributed by atoms with Gasteiger partial charge in [0.05, 0.1) is 17.6 Å². The number of amides is 2. The maximum atomic E-state index is 13.2. The van der Waals surface area contributed by atoms with Gasteiger partial charge in [-0.25, -0.2) is 4.39 Å². The summed E-state index contributed by atoms with van der Waals surface area (Å²) in [7, 11) is 0. The Morgan fingerprint density at radius 2 is 1.81 bits per heavy atom. The van der Waals surface area contributed by atoms with Crippen LogP contribution in [0.15, 0.2) is 66.9 Å². The predicted octanol–water partition coefficient (Wildman–Crippen LogP) is 3.78. The quantitative estimate of drug-likeness (QED) is 0.725. The van der Waals surface area contributed by atoms with Crippen molar-refractivity contribution in [2.24, 2.45) is 0 Å². The lowest BCUT2D eigenvalue weighted by Crippen LogP contribution is -2.22. The standard InChI is InChI=1S/C21H18FN3O2/c1-14(26)25-19-9-10-20(23-13-19)16-5-7-17(8-6-16)21(27)24-12-15-3-2-4-18(22)11-15/h2-11,13H,12H2,1H3,(H,24,27)(H,25,26). The lowest BCUT2D eigenvalue weighted by Gasteiger charge is -2.07. The van der Waals surface area contributed by atoms with Crippen LogP contribution in [-0.4, -0.2) is 16.8 Å². The molecule has 27 heavy (non-hydrogen) atoms. The molecule has 0 unspecified atom stereocenters. The summed E-state index contributed by atoms with van der Waals surface area (Å²) >= 11 is 0. The van der Waals surface area contributed by atoms with Gasteiger partial charge >= 0.3 is 0 Å². The Morgan fingerprint density at radius 1 is 1.04 bits per heavy atom. The highest BCUT2D eigenvalue weighted by Gasteiger charge is 2.07. The lowest BCUT2D eigenvalue weighted by atomic mass is 10.1. The van der Waals surface area contributed by atoms with Gasteiger partial charge in [-0.1, -0.05) is 24.3 Å². The predicted molar refractivity (Wildman–Crippen MR) is 102 cm³/mol. The third kappa shape index (κ3) is 4.98. The summed E-state index contributed by atoms with van der Waals surface area (Å²) in [6.07, 6.45) is 1.58. The van der Waals surface area contributed by atoms with E-state index in [-0.39, 0.29) is 24.2 Å². The van der Waals surface area contributed by atoms with Crippen molar-refractivity contribution in [1.29, 1.82) is 0 Å². The van der Waals surface area contributed by atoms with E-state index in [1.165, 1.54) is 19.1 Å². The summed E-state index contributed by atoms with van der Waals surface area (Å²) in [5, 5.41) is 5.43. The van der Waals surface area contributed by atoms with Gasteiger partial charge in [-0.05, 0) is 42.0 Å². The van der Waals surface area contributed by atoms with E-state index in [0.717, 1.165) is 11.3 Å². The summed E-state index contributed by atoms with van der Waals surface area (Å²) in [4.78, 5) is 27.6. The highest BCUT2D eigenvalue weighted by Crippen LogP contribution is 2.19. The van der Waals surface area contributed by atoms with Crippen molar-refractivity contribution < 1.29 is 14.0 Å². The molecule has 3 rings (SSSR count). The van der Waals surface area contributed by atoms with Gasteiger partial charge in [-0.2, -0.15) is 0 Å². The van der Waals surface area contributed by atoms with Crippen molar-refractivity contribution in [3.63, 3.8) is 0 Å². The van der Waals surface area contributed by atoms with Gasteiger partial charge in [0, 0.05) is 24.6 Å². The molecule has 0 aliphatic rings. The second-order valence-electron chi connectivity index (χ2n) is 6.00. The number of nitrogens with zero attached hydrogens (tertiary/aromatic N) is 1. The fourth-order valence-electron chi connectivity index (χ4n) is 2.57. The number of nitrogens with one attached hydrogen (secondary N) is 2. The zero-order valence-corrected chi connectivity index (χ0v) is 14.7. The van der Waals surface area contributed by atoms with Crippen LogP contribution in [0.25, 0.3) is 11.3 Å². The lowest BCUT2D eigenvalue weighted by molar-refractivity contribution is -0.114. The second-order valence-corrected chi connectivity index (χ2v) is 6.00. The minimum atomic E-state index is -0.330. The molecule has 0 radical (unpaired) electrons. The molecule has 0 aliphatic carbocycles. The first kappa shape index (κ1) is 18.3. The minimum absolute atomic E-state index is 0.154. The van der Waals surface area contributed by atoms with Crippen LogP contribution in [0, 0.1) is 5.82 Å². The Hall–Kier alpha value is -3.54. The molecular formula is C21H18FN3O2. The summed E-state index contributed by atoms with van der Waals surface area (Å²) in [5.74, 6) is -0.721. The third-order valence-corrected chi connectivity index (χ3v) is 3.87. The van der Waals surface area contributed by atoms with Gasteiger partial charge < -0.3 is 10.6 Å². The number of pyridine rings is 1. The number of benzene rings is 2. The Labute approximate surface area is 156 Å². The van der Waals surface area contributed by atoms with Crippen LogP contribution in [0.1, 0.15) is 22.8 Å². The van der Waals surface area contributed by atoms with Crippen LogP contribution in [0.2, 0.25) is 0 Å². The molecule has 0 saturated carbocycles. The van der Waals surface area contributed by atoms with Crippen molar-refractivity contribution >= 4 is 17.5 Å². The number of anilines is 1. The fraction of sp³-hybridized carbons (Fsp3) is 0.0952. The normalized spacial score (nSPS) is 10.3. The zero-order chi connectivity index (χ0) is 19.2. The van der Waals surface area contributed by atoms with E-state index >= 15 is 0 Å². The van der Waals surface area contributed by atoms with Crippen LogP contribution >= 0.6 is 0 Å². The maximum absolute atomic E-state index is 13.2. The topological polar surface area (TPSA) is 71.1 Å². The first-order valence-electron chi connectivity index (χ1n) is 8.38. The molecule has 2 amide bonds. The molecule has 0 spiro atoms. The highest BCUT2D eigenvalue weighted by atomic mass is 19.1. The van der Waals surface area contributed by atoms with E-state index < -0.39 is 0 Å². The molecule has 5 nitrogen and oxygen atoms in total. The summed E-state index contributed by atoms with van der Waals surface area (Å²) in [5.41, 5.74) is 3.41. The number of carbonyl (C=O) groups is 2. The largest absolute Gasteiger partial charge is 0.348 e. The number of halogens is 1. The molecule has 3 aromatic rings. The molecule has 1 aromatic heterocycles. The zero-order valence-electron chi connectivity index (χ0n) is 14.7. The molecule has 0 bridgehead atoms. The Kier molecular flexibility index (Phi) is 5.56. The number of rotatable bonds is 5. The summed E-state index contributed by atoms with van der Waals surface area (Å²) in [6.45, 7) is 1.69. The number of hydrogen-bond donors (Lipinski definition) is 2. The van der Waals surface area contributed by atoms with Gasteiger partial charge in [0.15, 0.2) is 0 Å². The molecule has 2 N–H and O–H groups in total. The van der Waals surface area contributed by atoms with Crippen LogP contribution in [0.4, 0.5) is 10.1 Å². The maximum Gasteiger partial charge on any atom is 0.251 e. The number of aromatic nitrogens is 1. The molecule has 0 fully saturated rings. The monoisotopic (exact) mass is 363 g/mol. The van der Waals surface area contributed by atoms with Gasteiger partial charge in [-0.15, -0.1) is 0 Å². The van der Waals surface area contributed by atoms with E-state index in [1.807, 2.05) is 0 Å². The van der Waals surface area contributed by atoms with E-state index in [1.54, 1.807) is 54.7 Å². The summed E-state index contributed by atoms with van der Waals surface area (Å²) in [6, 6.07) is 16.7. The minimum Gasteiger partial charge on any atom is -0.348 e. The smallest absolute Gasteiger partial charge is 0.251 e. The average molecular weight is 363 g/mol.